The fourth-order valence-corrected chi connectivity index (χ4v) is 4.11. The maximum Gasteiger partial charge on any atom is 0.0455 e. The molecule has 3 nitrogen and oxygen atoms in total. The van der Waals surface area contributed by atoms with Gasteiger partial charge in [-0.25, -0.2) is 0 Å². The van der Waals surface area contributed by atoms with Crippen molar-refractivity contribution < 1.29 is 0 Å². The molecule has 2 N–H and O–H groups in total. The molecule has 0 spiro atoms. The standard InChI is InChI=1S/C18H29N3/c1-20-12-10-15(11-13-20)21(2)17-9-5-7-14-6-3-4-8-16(14)18(17)19/h3-4,6,8,15,17-18H,5,7,9-13,19H2,1-2H3. The average Bonchev–Trinajstić information content (AvgIpc) is 2.67. The van der Waals surface area contributed by atoms with Crippen molar-refractivity contribution in [2.75, 3.05) is 27.2 Å². The number of likely N-dealkylation sites (tertiary alicyclic amines) is 1. The molecule has 1 aliphatic carbocycles. The smallest absolute Gasteiger partial charge is 0.0455 e. The largest absolute Gasteiger partial charge is 0.323 e. The molecule has 116 valence electrons. The molecule has 0 radical (unpaired) electrons. The Morgan fingerprint density at radius 2 is 1.86 bits per heavy atom. The number of rotatable bonds is 2. The Hall–Kier alpha value is -0.900. The van der Waals surface area contributed by atoms with Gasteiger partial charge in [0.05, 0.1) is 0 Å². The van der Waals surface area contributed by atoms with E-state index in [-0.39, 0.29) is 6.04 Å². The lowest BCUT2D eigenvalue weighted by atomic mass is 9.93. The highest BCUT2D eigenvalue weighted by molar-refractivity contribution is 5.32. The van der Waals surface area contributed by atoms with Crippen molar-refractivity contribution in [1.82, 2.24) is 9.80 Å². The van der Waals surface area contributed by atoms with Crippen LogP contribution in [-0.2, 0) is 6.42 Å². The summed E-state index contributed by atoms with van der Waals surface area (Å²) in [5.41, 5.74) is 9.51. The van der Waals surface area contributed by atoms with E-state index in [9.17, 15) is 0 Å². The molecule has 1 heterocycles. The minimum absolute atomic E-state index is 0.161. The highest BCUT2D eigenvalue weighted by atomic mass is 15.2. The van der Waals surface area contributed by atoms with Gasteiger partial charge in [-0.1, -0.05) is 24.3 Å². The maximum absolute atomic E-state index is 6.67. The first-order valence-electron chi connectivity index (χ1n) is 8.40. The monoisotopic (exact) mass is 287 g/mol. The van der Waals surface area contributed by atoms with Crippen LogP contribution in [0, 0.1) is 0 Å². The number of piperidine rings is 1. The van der Waals surface area contributed by atoms with Gasteiger partial charge in [-0.15, -0.1) is 0 Å². The molecule has 21 heavy (non-hydrogen) atoms. The van der Waals surface area contributed by atoms with Gasteiger partial charge in [0.1, 0.15) is 0 Å². The van der Waals surface area contributed by atoms with Crippen LogP contribution in [0.2, 0.25) is 0 Å². The fraction of sp³-hybridized carbons (Fsp3) is 0.667. The molecular formula is C18H29N3. The number of nitrogens with zero attached hydrogens (tertiary/aromatic N) is 2. The van der Waals surface area contributed by atoms with E-state index in [1.807, 2.05) is 0 Å². The van der Waals surface area contributed by atoms with E-state index >= 15 is 0 Å². The second kappa shape index (κ2) is 6.47. The van der Waals surface area contributed by atoms with Gasteiger partial charge in [0.25, 0.3) is 0 Å². The molecule has 1 aromatic rings. The predicted molar refractivity (Wildman–Crippen MR) is 88.4 cm³/mol. The summed E-state index contributed by atoms with van der Waals surface area (Å²) < 4.78 is 0. The summed E-state index contributed by atoms with van der Waals surface area (Å²) in [6.45, 7) is 2.43. The molecule has 1 fully saturated rings. The summed E-state index contributed by atoms with van der Waals surface area (Å²) in [6, 6.07) is 10.1. The Morgan fingerprint density at radius 1 is 1.14 bits per heavy atom. The van der Waals surface area contributed by atoms with E-state index in [1.54, 1.807) is 0 Å². The molecular weight excluding hydrogens is 258 g/mol. The van der Waals surface area contributed by atoms with Gasteiger partial charge in [0, 0.05) is 18.1 Å². The van der Waals surface area contributed by atoms with Crippen LogP contribution in [0.4, 0.5) is 0 Å². The van der Waals surface area contributed by atoms with Crippen LogP contribution in [0.1, 0.15) is 42.9 Å². The topological polar surface area (TPSA) is 32.5 Å². The summed E-state index contributed by atoms with van der Waals surface area (Å²) >= 11 is 0. The van der Waals surface area contributed by atoms with Crippen LogP contribution < -0.4 is 5.73 Å². The lowest BCUT2D eigenvalue weighted by molar-refractivity contribution is 0.0904. The third kappa shape index (κ3) is 3.15. The Bertz CT molecular complexity index is 465. The highest BCUT2D eigenvalue weighted by Crippen LogP contribution is 2.32. The number of likely N-dealkylation sites (N-methyl/N-ethyl adjacent to an activating group) is 1. The maximum atomic E-state index is 6.67. The summed E-state index contributed by atoms with van der Waals surface area (Å²) in [5, 5.41) is 0. The molecule has 1 aromatic carbocycles. The van der Waals surface area contributed by atoms with Gasteiger partial charge in [-0.05, 0) is 70.4 Å². The lowest BCUT2D eigenvalue weighted by Crippen LogP contribution is -2.49. The minimum atomic E-state index is 0.161. The fourth-order valence-electron chi connectivity index (χ4n) is 4.11. The van der Waals surface area contributed by atoms with Crippen molar-refractivity contribution in [3.63, 3.8) is 0 Å². The summed E-state index contributed by atoms with van der Waals surface area (Å²) in [6.07, 6.45) is 6.21. The van der Waals surface area contributed by atoms with Crippen LogP contribution in [0.25, 0.3) is 0 Å². The molecule has 0 saturated carbocycles. The van der Waals surface area contributed by atoms with E-state index < -0.39 is 0 Å². The SMILES string of the molecule is CN1CCC(N(C)C2CCCc3ccccc3C2N)CC1. The second-order valence-electron chi connectivity index (χ2n) is 6.88. The molecule has 0 amide bonds. The average molecular weight is 287 g/mol. The number of aryl methyl sites for hydroxylation is 1. The van der Waals surface area contributed by atoms with Gasteiger partial charge in [-0.3, -0.25) is 4.90 Å². The number of nitrogens with two attached hydrogens (primary N) is 1. The number of hydrogen-bond donors (Lipinski definition) is 1. The third-order valence-corrected chi connectivity index (χ3v) is 5.56. The van der Waals surface area contributed by atoms with Gasteiger partial charge in [-0.2, -0.15) is 0 Å². The molecule has 2 atom stereocenters. The highest BCUT2D eigenvalue weighted by Gasteiger charge is 2.32. The van der Waals surface area contributed by atoms with Gasteiger partial charge < -0.3 is 10.6 Å². The summed E-state index contributed by atoms with van der Waals surface area (Å²) in [4.78, 5) is 5.03. The number of hydrogen-bond acceptors (Lipinski definition) is 3. The third-order valence-electron chi connectivity index (χ3n) is 5.56. The van der Waals surface area contributed by atoms with Crippen LogP contribution in [0.5, 0.6) is 0 Å². The van der Waals surface area contributed by atoms with Gasteiger partial charge in [0.15, 0.2) is 0 Å². The molecule has 0 aromatic heterocycles. The normalized spacial score (nSPS) is 28.4. The van der Waals surface area contributed by atoms with Crippen molar-refractivity contribution in [3.8, 4) is 0 Å². The van der Waals surface area contributed by atoms with Crippen LogP contribution in [-0.4, -0.2) is 49.1 Å². The van der Waals surface area contributed by atoms with Crippen LogP contribution in [0.3, 0.4) is 0 Å². The van der Waals surface area contributed by atoms with Crippen molar-refractivity contribution in [2.45, 2.75) is 50.2 Å². The zero-order chi connectivity index (χ0) is 14.8. The first kappa shape index (κ1) is 15.0. The lowest BCUT2D eigenvalue weighted by Gasteiger charge is -2.41. The quantitative estimate of drug-likeness (QED) is 0.848. The zero-order valence-electron chi connectivity index (χ0n) is 13.5. The molecule has 1 aliphatic heterocycles. The van der Waals surface area contributed by atoms with Crippen molar-refractivity contribution in [3.05, 3.63) is 35.4 Å². The van der Waals surface area contributed by atoms with Gasteiger partial charge >= 0.3 is 0 Å². The van der Waals surface area contributed by atoms with Crippen LogP contribution in [0.15, 0.2) is 24.3 Å². The molecule has 2 aliphatic rings. The number of fused-ring (bicyclic) bond motifs is 1. The summed E-state index contributed by atoms with van der Waals surface area (Å²) in [5.74, 6) is 0. The second-order valence-corrected chi connectivity index (χ2v) is 6.88. The summed E-state index contributed by atoms with van der Waals surface area (Å²) in [7, 11) is 4.53. The van der Waals surface area contributed by atoms with E-state index in [0.717, 1.165) is 0 Å². The van der Waals surface area contributed by atoms with E-state index in [2.05, 4.69) is 48.2 Å². The van der Waals surface area contributed by atoms with Crippen molar-refractivity contribution in [1.29, 1.82) is 0 Å². The molecule has 2 unspecified atom stereocenters. The predicted octanol–water partition coefficient (Wildman–Crippen LogP) is 2.42. The minimum Gasteiger partial charge on any atom is -0.323 e. The Morgan fingerprint density at radius 3 is 2.62 bits per heavy atom. The first-order valence-corrected chi connectivity index (χ1v) is 8.40. The Balaban J connectivity index is 1.75. The van der Waals surface area contributed by atoms with Crippen molar-refractivity contribution in [2.24, 2.45) is 5.73 Å². The van der Waals surface area contributed by atoms with Gasteiger partial charge in [0.2, 0.25) is 0 Å². The number of benzene rings is 1. The molecule has 3 heteroatoms. The molecule has 1 saturated heterocycles. The van der Waals surface area contributed by atoms with E-state index in [4.69, 9.17) is 5.73 Å². The Labute approximate surface area is 129 Å². The zero-order valence-corrected chi connectivity index (χ0v) is 13.5. The van der Waals surface area contributed by atoms with E-state index in [0.29, 0.717) is 12.1 Å². The first-order chi connectivity index (χ1) is 10.2. The molecule has 3 rings (SSSR count). The molecule has 0 bridgehead atoms. The van der Waals surface area contributed by atoms with E-state index in [1.165, 1.54) is 56.3 Å². The van der Waals surface area contributed by atoms with Crippen LogP contribution >= 0.6 is 0 Å². The van der Waals surface area contributed by atoms with Crippen molar-refractivity contribution >= 4 is 0 Å². The Kier molecular flexibility index (Phi) is 4.63.